The summed E-state index contributed by atoms with van der Waals surface area (Å²) < 4.78 is 4.77. The monoisotopic (exact) mass is 274 g/mol. The highest BCUT2D eigenvalue weighted by molar-refractivity contribution is 5.85. The molecular formula is C11H18N2O6. The van der Waals surface area contributed by atoms with E-state index in [0.717, 1.165) is 0 Å². The molecule has 0 fully saturated rings. The molecule has 1 atom stereocenters. The Morgan fingerprint density at radius 3 is 2.21 bits per heavy atom. The van der Waals surface area contributed by atoms with Crippen molar-refractivity contribution in [3.8, 4) is 0 Å². The summed E-state index contributed by atoms with van der Waals surface area (Å²) in [6.07, 6.45) is 0.0855. The van der Waals surface area contributed by atoms with E-state index in [0.29, 0.717) is 0 Å². The quantitative estimate of drug-likeness (QED) is 0.480. The topological polar surface area (TPSA) is 122 Å². The van der Waals surface area contributed by atoms with Gasteiger partial charge in [0, 0.05) is 13.5 Å². The highest BCUT2D eigenvalue weighted by Gasteiger charge is 2.20. The molecule has 0 radical (unpaired) electrons. The first kappa shape index (κ1) is 17.0. The summed E-state index contributed by atoms with van der Waals surface area (Å²) in [6.45, 7) is 0.638. The number of Topliss-reactive ketones (excluding diaryl/α,β-unsaturated/α-hetero) is 1. The summed E-state index contributed by atoms with van der Waals surface area (Å²) in [5.41, 5.74) is 0. The molecule has 0 saturated heterocycles. The van der Waals surface area contributed by atoms with Gasteiger partial charge in [0.1, 0.15) is 25.0 Å². The van der Waals surface area contributed by atoms with Crippen LogP contribution >= 0.6 is 0 Å². The Kier molecular flexibility index (Phi) is 8.10. The Morgan fingerprint density at radius 1 is 1.16 bits per heavy atom. The van der Waals surface area contributed by atoms with Crippen LogP contribution in [0, 0.1) is 0 Å². The summed E-state index contributed by atoms with van der Waals surface area (Å²) in [4.78, 5) is 43.8. The van der Waals surface area contributed by atoms with Gasteiger partial charge in [-0.3, -0.25) is 9.59 Å². The number of carbonyl (C=O) groups excluding carboxylic acids is 3. The van der Waals surface area contributed by atoms with E-state index in [-0.39, 0.29) is 31.1 Å². The number of carboxylic acids is 1. The van der Waals surface area contributed by atoms with E-state index < -0.39 is 24.5 Å². The predicted molar refractivity (Wildman–Crippen MR) is 64.4 cm³/mol. The van der Waals surface area contributed by atoms with Crippen LogP contribution in [-0.4, -0.2) is 55.0 Å². The molecule has 0 aromatic rings. The zero-order valence-electron chi connectivity index (χ0n) is 10.9. The van der Waals surface area contributed by atoms with Crippen molar-refractivity contribution >= 4 is 23.6 Å². The summed E-state index contributed by atoms with van der Waals surface area (Å²) in [7, 11) is 1.42. The minimum absolute atomic E-state index is 0.0197. The molecule has 2 amide bonds. The second-order valence-electron chi connectivity index (χ2n) is 3.87. The predicted octanol–water partition coefficient (Wildman–Crippen LogP) is -1.31. The minimum Gasteiger partial charge on any atom is -0.480 e. The molecule has 0 aromatic carbocycles. The van der Waals surface area contributed by atoms with E-state index >= 15 is 0 Å². The van der Waals surface area contributed by atoms with Crippen molar-refractivity contribution < 1.29 is 29.0 Å². The van der Waals surface area contributed by atoms with Crippen LogP contribution in [0.25, 0.3) is 0 Å². The van der Waals surface area contributed by atoms with Crippen LogP contribution in [0.2, 0.25) is 0 Å². The van der Waals surface area contributed by atoms with Gasteiger partial charge in [-0.1, -0.05) is 0 Å². The summed E-state index contributed by atoms with van der Waals surface area (Å²) in [6, 6.07) is -1.14. The molecule has 0 aliphatic heterocycles. The molecule has 0 heterocycles. The molecule has 8 nitrogen and oxygen atoms in total. The normalized spacial score (nSPS) is 11.5. The van der Waals surface area contributed by atoms with Crippen molar-refractivity contribution in [3.63, 3.8) is 0 Å². The van der Waals surface area contributed by atoms with Gasteiger partial charge in [-0.05, 0) is 13.3 Å². The lowest BCUT2D eigenvalue weighted by molar-refractivity contribution is -0.143. The number of carboxylic acid groups (broad SMARTS) is 1. The molecular weight excluding hydrogens is 256 g/mol. The van der Waals surface area contributed by atoms with Crippen LogP contribution in [0.15, 0.2) is 0 Å². The number of rotatable bonds is 9. The maximum absolute atomic E-state index is 11.4. The van der Waals surface area contributed by atoms with Gasteiger partial charge in [-0.15, -0.1) is 0 Å². The molecule has 19 heavy (non-hydrogen) atoms. The number of amides is 2. The Hall–Kier alpha value is -1.96. The summed E-state index contributed by atoms with van der Waals surface area (Å²) >= 11 is 0. The summed E-state index contributed by atoms with van der Waals surface area (Å²) in [5, 5.41) is 13.4. The third-order valence-electron chi connectivity index (χ3n) is 2.16. The minimum atomic E-state index is -1.22. The van der Waals surface area contributed by atoms with Crippen molar-refractivity contribution in [2.75, 3.05) is 20.3 Å². The largest absolute Gasteiger partial charge is 0.480 e. The molecule has 0 spiro atoms. The smallest absolute Gasteiger partial charge is 0.326 e. The fourth-order valence-corrected chi connectivity index (χ4v) is 1.15. The first-order valence-electron chi connectivity index (χ1n) is 5.66. The van der Waals surface area contributed by atoms with Gasteiger partial charge < -0.3 is 25.3 Å². The number of likely N-dealkylation sites (N-methyl/N-ethyl adjacent to an activating group) is 1. The molecule has 0 aliphatic carbocycles. The molecule has 0 aliphatic rings. The van der Waals surface area contributed by atoms with Crippen LogP contribution in [0.5, 0.6) is 0 Å². The van der Waals surface area contributed by atoms with Crippen LogP contribution in [0.3, 0.4) is 0 Å². The SMILES string of the molecule is CNC(=O)COCC(=O)N[C@@H](CCC(C)=O)C(=O)O. The van der Waals surface area contributed by atoms with Gasteiger partial charge in [0.25, 0.3) is 0 Å². The zero-order chi connectivity index (χ0) is 14.8. The third kappa shape index (κ3) is 8.72. The third-order valence-corrected chi connectivity index (χ3v) is 2.16. The Bertz CT molecular complexity index is 355. The van der Waals surface area contributed by atoms with E-state index in [1.54, 1.807) is 0 Å². The standard InChI is InChI=1S/C11H18N2O6/c1-7(14)3-4-8(11(17)18)13-10(16)6-19-5-9(15)12-2/h8H,3-6H2,1-2H3,(H,12,15)(H,13,16)(H,17,18)/t8-/m0/s1. The van der Waals surface area contributed by atoms with Crippen molar-refractivity contribution in [2.24, 2.45) is 0 Å². The number of nitrogens with one attached hydrogen (secondary N) is 2. The Morgan fingerprint density at radius 2 is 1.74 bits per heavy atom. The first-order valence-corrected chi connectivity index (χ1v) is 5.66. The average molecular weight is 274 g/mol. The van der Waals surface area contributed by atoms with Crippen molar-refractivity contribution in [3.05, 3.63) is 0 Å². The molecule has 0 unspecified atom stereocenters. The van der Waals surface area contributed by atoms with Crippen molar-refractivity contribution in [2.45, 2.75) is 25.8 Å². The number of hydrogen-bond donors (Lipinski definition) is 3. The van der Waals surface area contributed by atoms with Gasteiger partial charge in [-0.2, -0.15) is 0 Å². The lowest BCUT2D eigenvalue weighted by Crippen LogP contribution is -2.43. The Labute approximate surface area is 110 Å². The average Bonchev–Trinajstić information content (AvgIpc) is 2.33. The number of hydrogen-bond acceptors (Lipinski definition) is 5. The van der Waals surface area contributed by atoms with Crippen LogP contribution in [-0.2, 0) is 23.9 Å². The fraction of sp³-hybridized carbons (Fsp3) is 0.636. The molecule has 0 aromatic heterocycles. The van der Waals surface area contributed by atoms with E-state index in [4.69, 9.17) is 9.84 Å². The van der Waals surface area contributed by atoms with Gasteiger partial charge in [0.2, 0.25) is 11.8 Å². The number of ketones is 1. The molecule has 0 rings (SSSR count). The van der Waals surface area contributed by atoms with E-state index in [9.17, 15) is 19.2 Å². The summed E-state index contributed by atoms with van der Waals surface area (Å²) in [5.74, 6) is -2.42. The first-order chi connectivity index (χ1) is 8.86. The maximum atomic E-state index is 11.4. The van der Waals surface area contributed by atoms with Gasteiger partial charge >= 0.3 is 5.97 Å². The number of aliphatic carboxylic acids is 1. The molecule has 108 valence electrons. The lowest BCUT2D eigenvalue weighted by Gasteiger charge is -2.13. The van der Waals surface area contributed by atoms with Crippen molar-refractivity contribution in [1.29, 1.82) is 0 Å². The number of ether oxygens (including phenoxy) is 1. The van der Waals surface area contributed by atoms with Gasteiger partial charge in [0.15, 0.2) is 0 Å². The van der Waals surface area contributed by atoms with Gasteiger partial charge in [-0.25, -0.2) is 4.79 Å². The lowest BCUT2D eigenvalue weighted by atomic mass is 10.1. The van der Waals surface area contributed by atoms with Crippen molar-refractivity contribution in [1.82, 2.24) is 10.6 Å². The van der Waals surface area contributed by atoms with Crippen LogP contribution < -0.4 is 10.6 Å². The molecule has 0 saturated carbocycles. The van der Waals surface area contributed by atoms with Crippen LogP contribution in [0.4, 0.5) is 0 Å². The molecule has 0 bridgehead atoms. The van der Waals surface area contributed by atoms with Gasteiger partial charge in [0.05, 0.1) is 0 Å². The fourth-order valence-electron chi connectivity index (χ4n) is 1.15. The molecule has 3 N–H and O–H groups in total. The van der Waals surface area contributed by atoms with E-state index in [1.807, 2.05) is 0 Å². The number of carbonyl (C=O) groups is 4. The highest BCUT2D eigenvalue weighted by Crippen LogP contribution is 1.99. The van der Waals surface area contributed by atoms with E-state index in [2.05, 4.69) is 10.6 Å². The second-order valence-corrected chi connectivity index (χ2v) is 3.87. The van der Waals surface area contributed by atoms with E-state index in [1.165, 1.54) is 14.0 Å². The second kappa shape index (κ2) is 9.03. The maximum Gasteiger partial charge on any atom is 0.326 e. The highest BCUT2D eigenvalue weighted by atomic mass is 16.5. The zero-order valence-corrected chi connectivity index (χ0v) is 10.9. The molecule has 8 heteroatoms. The Balaban J connectivity index is 4.06. The van der Waals surface area contributed by atoms with Crippen LogP contribution in [0.1, 0.15) is 19.8 Å².